The number of carbonyl (C=O) groups is 1. The van der Waals surface area contributed by atoms with E-state index in [1.807, 2.05) is 0 Å². The summed E-state index contributed by atoms with van der Waals surface area (Å²) >= 11 is 1.25. The van der Waals surface area contributed by atoms with Gasteiger partial charge in [0.05, 0.1) is 7.11 Å². The first-order valence-corrected chi connectivity index (χ1v) is 9.53. The smallest absolute Gasteiger partial charge is 0.257 e. The number of ether oxygens (including phenoxy) is 3. The minimum Gasteiger partial charge on any atom is -0.493 e. The van der Waals surface area contributed by atoms with Crippen molar-refractivity contribution in [1.29, 1.82) is 0 Å². The Hall–Kier alpha value is -3.20. The molecule has 0 spiro atoms. The quantitative estimate of drug-likeness (QED) is 0.677. The summed E-state index contributed by atoms with van der Waals surface area (Å²) < 4.78 is 42.8. The normalized spacial score (nSPS) is 12.5. The highest BCUT2D eigenvalue weighted by Gasteiger charge is 2.21. The Kier molecular flexibility index (Phi) is 5.30. The number of hydrogen-bond acceptors (Lipinski definition) is 6. The van der Waals surface area contributed by atoms with Crippen molar-refractivity contribution in [2.75, 3.05) is 25.6 Å². The van der Waals surface area contributed by atoms with Crippen LogP contribution in [0.5, 0.6) is 17.2 Å². The number of aromatic nitrogens is 1. The van der Waals surface area contributed by atoms with E-state index in [1.165, 1.54) is 24.5 Å². The Balaban J connectivity index is 1.48. The lowest BCUT2D eigenvalue weighted by Crippen LogP contribution is -2.18. The molecule has 6 nitrogen and oxygen atoms in total. The minimum atomic E-state index is -0.895. The molecule has 4 rings (SSSR count). The highest BCUT2D eigenvalue weighted by atomic mass is 32.1. The van der Waals surface area contributed by atoms with E-state index in [1.54, 1.807) is 18.3 Å². The number of nitrogens with zero attached hydrogens (tertiary/aromatic N) is 1. The van der Waals surface area contributed by atoms with Gasteiger partial charge in [0.15, 0.2) is 28.3 Å². The van der Waals surface area contributed by atoms with Gasteiger partial charge in [-0.25, -0.2) is 13.8 Å². The molecule has 1 aliphatic rings. The van der Waals surface area contributed by atoms with Crippen molar-refractivity contribution in [2.45, 2.75) is 6.42 Å². The Labute approximate surface area is 169 Å². The summed E-state index contributed by atoms with van der Waals surface area (Å²) in [6, 6.07) is 6.90. The Morgan fingerprint density at radius 2 is 2.03 bits per heavy atom. The van der Waals surface area contributed by atoms with Crippen LogP contribution in [0.4, 0.5) is 13.9 Å². The van der Waals surface area contributed by atoms with E-state index >= 15 is 0 Å². The van der Waals surface area contributed by atoms with Gasteiger partial charge in [-0.1, -0.05) is 6.07 Å². The van der Waals surface area contributed by atoms with Crippen LogP contribution in [-0.2, 0) is 6.42 Å². The summed E-state index contributed by atoms with van der Waals surface area (Å²) in [5, 5.41) is 3.12. The third-order valence-corrected chi connectivity index (χ3v) is 5.14. The molecular formula is C20H16F2N2O4S. The SMILES string of the molecule is COc1cc(C(=O)Nc2ncc(Cc3ccc(F)c(F)c3)s2)cc2c1OCCO2. The van der Waals surface area contributed by atoms with Crippen molar-refractivity contribution in [2.24, 2.45) is 0 Å². The van der Waals surface area contributed by atoms with Crippen molar-refractivity contribution in [1.82, 2.24) is 4.98 Å². The molecule has 29 heavy (non-hydrogen) atoms. The van der Waals surface area contributed by atoms with Gasteiger partial charge in [-0.2, -0.15) is 0 Å². The molecule has 150 valence electrons. The van der Waals surface area contributed by atoms with Gasteiger partial charge >= 0.3 is 0 Å². The summed E-state index contributed by atoms with van der Waals surface area (Å²) in [4.78, 5) is 17.6. The highest BCUT2D eigenvalue weighted by molar-refractivity contribution is 7.15. The number of nitrogens with one attached hydrogen (secondary N) is 1. The average Bonchev–Trinajstić information content (AvgIpc) is 3.16. The van der Waals surface area contributed by atoms with Gasteiger partial charge in [0.2, 0.25) is 5.75 Å². The molecule has 0 aliphatic carbocycles. The fourth-order valence-electron chi connectivity index (χ4n) is 2.87. The number of fused-ring (bicyclic) bond motifs is 1. The van der Waals surface area contributed by atoms with Gasteiger partial charge in [0.1, 0.15) is 13.2 Å². The highest BCUT2D eigenvalue weighted by Crippen LogP contribution is 2.40. The molecule has 1 aliphatic heterocycles. The maximum absolute atomic E-state index is 13.4. The Bertz CT molecular complexity index is 1050. The van der Waals surface area contributed by atoms with Gasteiger partial charge in [-0.05, 0) is 29.8 Å². The number of carbonyl (C=O) groups excluding carboxylic acids is 1. The van der Waals surface area contributed by atoms with E-state index in [0.29, 0.717) is 53.1 Å². The second-order valence-electron chi connectivity index (χ2n) is 6.21. The number of rotatable bonds is 5. The molecule has 2 aromatic carbocycles. The molecule has 1 amide bonds. The first-order chi connectivity index (χ1) is 14.0. The molecule has 2 heterocycles. The topological polar surface area (TPSA) is 69.7 Å². The maximum Gasteiger partial charge on any atom is 0.257 e. The molecule has 1 aromatic heterocycles. The third kappa shape index (κ3) is 4.14. The minimum absolute atomic E-state index is 0.337. The van der Waals surface area contributed by atoms with E-state index in [9.17, 15) is 13.6 Å². The second kappa shape index (κ2) is 8.04. The van der Waals surface area contributed by atoms with Crippen molar-refractivity contribution in [3.63, 3.8) is 0 Å². The molecule has 0 saturated carbocycles. The van der Waals surface area contributed by atoms with Crippen LogP contribution in [0.3, 0.4) is 0 Å². The molecule has 0 radical (unpaired) electrons. The summed E-state index contributed by atoms with van der Waals surface area (Å²) in [7, 11) is 1.49. The van der Waals surface area contributed by atoms with E-state index < -0.39 is 11.6 Å². The van der Waals surface area contributed by atoms with Gasteiger partial charge in [-0.15, -0.1) is 11.3 Å². The van der Waals surface area contributed by atoms with Crippen LogP contribution in [0.2, 0.25) is 0 Å². The standard InChI is InChI=1S/C20H16F2N2O4S/c1-26-16-8-12(9-17-18(16)28-5-4-27-17)19(25)24-20-23-10-13(29-20)6-11-2-3-14(21)15(22)7-11/h2-3,7-10H,4-6H2,1H3,(H,23,24,25). The van der Waals surface area contributed by atoms with Crippen molar-refractivity contribution in [3.05, 3.63) is 64.2 Å². The van der Waals surface area contributed by atoms with Gasteiger partial charge in [0, 0.05) is 23.1 Å². The number of methoxy groups -OCH3 is 1. The second-order valence-corrected chi connectivity index (χ2v) is 7.33. The zero-order valence-corrected chi connectivity index (χ0v) is 16.1. The third-order valence-electron chi connectivity index (χ3n) is 4.23. The molecule has 0 unspecified atom stereocenters. The van der Waals surface area contributed by atoms with Gasteiger partial charge in [-0.3, -0.25) is 10.1 Å². The number of amides is 1. The molecule has 9 heteroatoms. The molecular weight excluding hydrogens is 402 g/mol. The van der Waals surface area contributed by atoms with E-state index in [4.69, 9.17) is 14.2 Å². The van der Waals surface area contributed by atoms with Gasteiger partial charge < -0.3 is 14.2 Å². The average molecular weight is 418 g/mol. The van der Waals surface area contributed by atoms with Crippen LogP contribution in [0.15, 0.2) is 36.5 Å². The Morgan fingerprint density at radius 1 is 1.21 bits per heavy atom. The lowest BCUT2D eigenvalue weighted by atomic mass is 10.1. The monoisotopic (exact) mass is 418 g/mol. The maximum atomic E-state index is 13.4. The first-order valence-electron chi connectivity index (χ1n) is 8.71. The number of halogens is 2. The van der Waals surface area contributed by atoms with Gasteiger partial charge in [0.25, 0.3) is 5.91 Å². The van der Waals surface area contributed by atoms with Crippen LogP contribution in [0.1, 0.15) is 20.8 Å². The summed E-state index contributed by atoms with van der Waals surface area (Å²) in [6.07, 6.45) is 1.97. The number of hydrogen-bond donors (Lipinski definition) is 1. The van der Waals surface area contributed by atoms with E-state index in [-0.39, 0.29) is 5.91 Å². The molecule has 0 fully saturated rings. The fourth-order valence-corrected chi connectivity index (χ4v) is 3.71. The van der Waals surface area contributed by atoms with Crippen LogP contribution in [0, 0.1) is 11.6 Å². The lowest BCUT2D eigenvalue weighted by molar-refractivity contribution is 0.102. The van der Waals surface area contributed by atoms with Crippen molar-refractivity contribution < 1.29 is 27.8 Å². The van der Waals surface area contributed by atoms with E-state index in [0.717, 1.165) is 17.0 Å². The fraction of sp³-hybridized carbons (Fsp3) is 0.200. The van der Waals surface area contributed by atoms with Crippen LogP contribution < -0.4 is 19.5 Å². The number of benzene rings is 2. The number of anilines is 1. The molecule has 0 bridgehead atoms. The molecule has 3 aromatic rings. The first kappa shape index (κ1) is 19.1. The summed E-state index contributed by atoms with van der Waals surface area (Å²) in [5.41, 5.74) is 0.949. The zero-order valence-electron chi connectivity index (χ0n) is 15.3. The summed E-state index contributed by atoms with van der Waals surface area (Å²) in [6.45, 7) is 0.801. The molecule has 1 N–H and O–H groups in total. The van der Waals surface area contributed by atoms with E-state index in [2.05, 4.69) is 10.3 Å². The van der Waals surface area contributed by atoms with Crippen LogP contribution in [0.25, 0.3) is 0 Å². The van der Waals surface area contributed by atoms with Crippen molar-refractivity contribution >= 4 is 22.4 Å². The lowest BCUT2D eigenvalue weighted by Gasteiger charge is -2.21. The molecule has 0 atom stereocenters. The number of thiazole rings is 1. The van der Waals surface area contributed by atoms with Crippen LogP contribution in [-0.4, -0.2) is 31.2 Å². The largest absolute Gasteiger partial charge is 0.493 e. The predicted molar refractivity (Wildman–Crippen MR) is 103 cm³/mol. The zero-order chi connectivity index (χ0) is 20.4. The summed E-state index contributed by atoms with van der Waals surface area (Å²) in [5.74, 6) is -0.842. The molecule has 0 saturated heterocycles. The van der Waals surface area contributed by atoms with Crippen LogP contribution >= 0.6 is 11.3 Å². The predicted octanol–water partition coefficient (Wildman–Crippen LogP) is 4.04. The van der Waals surface area contributed by atoms with Crippen molar-refractivity contribution in [3.8, 4) is 17.2 Å². The Morgan fingerprint density at radius 3 is 2.83 bits per heavy atom.